The molecule has 2 amide bonds. The van der Waals surface area contributed by atoms with Gasteiger partial charge in [-0.1, -0.05) is 0 Å². The zero-order valence-corrected chi connectivity index (χ0v) is 12.9. The summed E-state index contributed by atoms with van der Waals surface area (Å²) < 4.78 is 0. The standard InChI is InChI=1S/C13H24N2O4S/c1-13(19)5-3-7-15(8-6-13)12(18)14-10(11(16)17)4-9-20-2/h10,19H,3-9H2,1-2H3,(H,14,18)(H,16,17). The van der Waals surface area contributed by atoms with Crippen LogP contribution in [0.3, 0.4) is 0 Å². The fourth-order valence-electron chi connectivity index (χ4n) is 2.20. The number of carbonyl (C=O) groups excluding carboxylic acids is 1. The summed E-state index contributed by atoms with van der Waals surface area (Å²) in [5.74, 6) is -0.319. The molecule has 1 aliphatic heterocycles. The normalized spacial score (nSPS) is 24.9. The Bertz CT molecular complexity index is 349. The molecule has 0 aromatic heterocycles. The molecule has 0 bridgehead atoms. The van der Waals surface area contributed by atoms with Gasteiger partial charge in [0.2, 0.25) is 0 Å². The lowest BCUT2D eigenvalue weighted by Gasteiger charge is -2.24. The average Bonchev–Trinajstić information content (AvgIpc) is 2.55. The maximum absolute atomic E-state index is 12.1. The summed E-state index contributed by atoms with van der Waals surface area (Å²) >= 11 is 1.55. The summed E-state index contributed by atoms with van der Waals surface area (Å²) in [6.45, 7) is 2.78. The van der Waals surface area contributed by atoms with Gasteiger partial charge in [0.15, 0.2) is 0 Å². The number of aliphatic carboxylic acids is 1. The fraction of sp³-hybridized carbons (Fsp3) is 0.846. The SMILES string of the molecule is CSCCC(NC(=O)N1CCCC(C)(O)CC1)C(=O)O. The van der Waals surface area contributed by atoms with Crippen molar-refractivity contribution in [2.45, 2.75) is 44.2 Å². The second kappa shape index (κ2) is 7.73. The smallest absolute Gasteiger partial charge is 0.326 e. The van der Waals surface area contributed by atoms with E-state index in [-0.39, 0.29) is 6.03 Å². The van der Waals surface area contributed by atoms with Crippen molar-refractivity contribution in [2.24, 2.45) is 0 Å². The molecule has 6 nitrogen and oxygen atoms in total. The minimum absolute atomic E-state index is 0.351. The average molecular weight is 304 g/mol. The first-order chi connectivity index (χ1) is 9.35. The van der Waals surface area contributed by atoms with Crippen LogP contribution in [0.15, 0.2) is 0 Å². The Hall–Kier alpha value is -0.950. The number of carboxylic acids is 1. The number of nitrogens with one attached hydrogen (secondary N) is 1. The molecule has 2 unspecified atom stereocenters. The highest BCUT2D eigenvalue weighted by molar-refractivity contribution is 7.98. The van der Waals surface area contributed by atoms with Gasteiger partial charge < -0.3 is 20.4 Å². The number of rotatable bonds is 5. The lowest BCUT2D eigenvalue weighted by Crippen LogP contribution is -2.48. The van der Waals surface area contributed by atoms with Crippen molar-refractivity contribution in [2.75, 3.05) is 25.1 Å². The molecule has 20 heavy (non-hydrogen) atoms. The number of aliphatic hydroxyl groups is 1. The van der Waals surface area contributed by atoms with E-state index in [1.807, 2.05) is 6.26 Å². The number of urea groups is 1. The van der Waals surface area contributed by atoms with E-state index in [0.717, 1.165) is 6.42 Å². The Balaban J connectivity index is 2.53. The Morgan fingerprint density at radius 3 is 2.70 bits per heavy atom. The predicted octanol–water partition coefficient (Wildman–Crippen LogP) is 1.14. The van der Waals surface area contributed by atoms with Gasteiger partial charge in [-0.15, -0.1) is 0 Å². The third kappa shape index (κ3) is 5.58. The second-order valence-electron chi connectivity index (χ2n) is 5.46. The quantitative estimate of drug-likeness (QED) is 0.708. The maximum Gasteiger partial charge on any atom is 0.326 e. The first-order valence-electron chi connectivity index (χ1n) is 6.85. The van der Waals surface area contributed by atoms with Gasteiger partial charge in [-0.25, -0.2) is 9.59 Å². The number of hydrogen-bond acceptors (Lipinski definition) is 4. The third-order valence-corrected chi connectivity index (χ3v) is 4.20. The van der Waals surface area contributed by atoms with Crippen LogP contribution in [0.25, 0.3) is 0 Å². The van der Waals surface area contributed by atoms with Crippen LogP contribution in [0.1, 0.15) is 32.6 Å². The molecule has 3 N–H and O–H groups in total. The second-order valence-corrected chi connectivity index (χ2v) is 6.44. The van der Waals surface area contributed by atoms with Crippen LogP contribution in [-0.2, 0) is 4.79 Å². The van der Waals surface area contributed by atoms with E-state index in [9.17, 15) is 14.7 Å². The molecule has 116 valence electrons. The molecule has 0 spiro atoms. The Morgan fingerprint density at radius 1 is 1.40 bits per heavy atom. The van der Waals surface area contributed by atoms with Gasteiger partial charge in [0.1, 0.15) is 6.04 Å². The first kappa shape index (κ1) is 17.1. The molecule has 1 saturated heterocycles. The van der Waals surface area contributed by atoms with Crippen LogP contribution in [0.5, 0.6) is 0 Å². The van der Waals surface area contributed by atoms with Crippen LogP contribution in [0, 0.1) is 0 Å². The summed E-state index contributed by atoms with van der Waals surface area (Å²) in [7, 11) is 0. The minimum Gasteiger partial charge on any atom is -0.480 e. The van der Waals surface area contributed by atoms with Gasteiger partial charge in [0, 0.05) is 13.1 Å². The van der Waals surface area contributed by atoms with Crippen molar-refractivity contribution in [3.63, 3.8) is 0 Å². The Morgan fingerprint density at radius 2 is 2.10 bits per heavy atom. The van der Waals surface area contributed by atoms with Crippen LogP contribution < -0.4 is 5.32 Å². The zero-order valence-electron chi connectivity index (χ0n) is 12.1. The number of nitrogens with zero attached hydrogens (tertiary/aromatic N) is 1. The number of thioether (sulfide) groups is 1. The molecule has 0 aromatic rings. The number of amides is 2. The lowest BCUT2D eigenvalue weighted by atomic mass is 9.98. The Kier molecular flexibility index (Phi) is 6.61. The number of likely N-dealkylation sites (tertiary alicyclic amines) is 1. The highest BCUT2D eigenvalue weighted by atomic mass is 32.2. The summed E-state index contributed by atoms with van der Waals surface area (Å²) in [4.78, 5) is 24.8. The van der Waals surface area contributed by atoms with Crippen LogP contribution in [0.4, 0.5) is 4.79 Å². The van der Waals surface area contributed by atoms with Crippen molar-refractivity contribution in [3.8, 4) is 0 Å². The molecular weight excluding hydrogens is 280 g/mol. The fourth-order valence-corrected chi connectivity index (χ4v) is 2.67. The molecule has 0 aliphatic carbocycles. The highest BCUT2D eigenvalue weighted by Crippen LogP contribution is 2.21. The summed E-state index contributed by atoms with van der Waals surface area (Å²) in [5.41, 5.74) is -0.736. The van der Waals surface area contributed by atoms with E-state index in [4.69, 9.17) is 5.11 Å². The summed E-state index contributed by atoms with van der Waals surface area (Å²) in [6.07, 6.45) is 4.21. The molecule has 2 atom stereocenters. The van der Waals surface area contributed by atoms with Gasteiger partial charge in [0.25, 0.3) is 0 Å². The van der Waals surface area contributed by atoms with Gasteiger partial charge in [0.05, 0.1) is 5.60 Å². The molecule has 1 aliphatic rings. The van der Waals surface area contributed by atoms with E-state index in [2.05, 4.69) is 5.32 Å². The molecule has 0 saturated carbocycles. The molecule has 0 radical (unpaired) electrons. The van der Waals surface area contributed by atoms with E-state index in [1.54, 1.807) is 23.6 Å². The van der Waals surface area contributed by atoms with Gasteiger partial charge >= 0.3 is 12.0 Å². The van der Waals surface area contributed by atoms with E-state index in [1.165, 1.54) is 0 Å². The van der Waals surface area contributed by atoms with Gasteiger partial charge in [-0.3, -0.25) is 0 Å². The number of carbonyl (C=O) groups is 2. The minimum atomic E-state index is -1.01. The van der Waals surface area contributed by atoms with E-state index >= 15 is 0 Å². The molecule has 1 heterocycles. The van der Waals surface area contributed by atoms with Crippen LogP contribution in [-0.4, -0.2) is 63.9 Å². The topological polar surface area (TPSA) is 89.9 Å². The number of carboxylic acid groups (broad SMARTS) is 1. The summed E-state index contributed by atoms with van der Waals surface area (Å²) in [5, 5.41) is 21.7. The van der Waals surface area contributed by atoms with E-state index in [0.29, 0.717) is 38.1 Å². The van der Waals surface area contributed by atoms with Crippen molar-refractivity contribution in [1.29, 1.82) is 0 Å². The van der Waals surface area contributed by atoms with Crippen LogP contribution in [0.2, 0.25) is 0 Å². The number of hydrogen-bond donors (Lipinski definition) is 3. The molecule has 1 rings (SSSR count). The van der Waals surface area contributed by atoms with Crippen molar-refractivity contribution in [1.82, 2.24) is 10.2 Å². The van der Waals surface area contributed by atoms with Gasteiger partial charge in [-0.2, -0.15) is 11.8 Å². The zero-order chi connectivity index (χ0) is 15.2. The molecular formula is C13H24N2O4S. The van der Waals surface area contributed by atoms with Crippen molar-refractivity contribution in [3.05, 3.63) is 0 Å². The van der Waals surface area contributed by atoms with Crippen molar-refractivity contribution >= 4 is 23.8 Å². The first-order valence-corrected chi connectivity index (χ1v) is 8.24. The largest absolute Gasteiger partial charge is 0.480 e. The van der Waals surface area contributed by atoms with E-state index < -0.39 is 17.6 Å². The predicted molar refractivity (Wildman–Crippen MR) is 79.0 cm³/mol. The third-order valence-electron chi connectivity index (χ3n) is 3.56. The highest BCUT2D eigenvalue weighted by Gasteiger charge is 2.28. The molecule has 1 fully saturated rings. The monoisotopic (exact) mass is 304 g/mol. The van der Waals surface area contributed by atoms with Crippen LogP contribution >= 0.6 is 11.8 Å². The Labute approximate surface area is 123 Å². The maximum atomic E-state index is 12.1. The molecule has 0 aromatic carbocycles. The summed E-state index contributed by atoms with van der Waals surface area (Å²) in [6, 6.07) is -1.20. The molecule has 7 heteroatoms. The lowest BCUT2D eigenvalue weighted by molar-refractivity contribution is -0.139. The van der Waals surface area contributed by atoms with Gasteiger partial charge in [-0.05, 0) is 44.6 Å². The van der Waals surface area contributed by atoms with Crippen molar-refractivity contribution < 1.29 is 19.8 Å².